The van der Waals surface area contributed by atoms with Crippen molar-refractivity contribution in [2.75, 3.05) is 19.7 Å². The molecule has 1 atom stereocenters. The number of sulfonamides is 1. The predicted molar refractivity (Wildman–Crippen MR) is 93.0 cm³/mol. The number of morpholine rings is 1. The molecule has 26 heavy (non-hydrogen) atoms. The van der Waals surface area contributed by atoms with Crippen LogP contribution in [-0.4, -0.2) is 52.3 Å². The lowest BCUT2D eigenvalue weighted by atomic mass is 10.3. The molecule has 1 aliphatic heterocycles. The number of hydrogen-bond acceptors (Lipinski definition) is 8. The molecule has 0 aromatic carbocycles. The van der Waals surface area contributed by atoms with Gasteiger partial charge in [-0.3, -0.25) is 4.68 Å². The van der Waals surface area contributed by atoms with Crippen LogP contribution in [0.5, 0.6) is 0 Å². The zero-order chi connectivity index (χ0) is 18.1. The average Bonchev–Trinajstić information content (AvgIpc) is 3.42. The highest BCUT2D eigenvalue weighted by atomic mass is 32.2. The minimum atomic E-state index is -3.65. The molecule has 4 rings (SSSR count). The van der Waals surface area contributed by atoms with E-state index < -0.39 is 16.1 Å². The number of hydrogen-bond donors (Lipinski definition) is 0. The van der Waals surface area contributed by atoms with E-state index in [1.165, 1.54) is 28.0 Å². The van der Waals surface area contributed by atoms with E-state index >= 15 is 0 Å². The van der Waals surface area contributed by atoms with Crippen LogP contribution in [0.3, 0.4) is 0 Å². The monoisotopic (exact) mass is 395 g/mol. The lowest BCUT2D eigenvalue weighted by molar-refractivity contribution is -0.0199. The molecule has 138 valence electrons. The lowest BCUT2D eigenvalue weighted by Gasteiger charge is -2.29. The molecule has 9 nitrogen and oxygen atoms in total. The summed E-state index contributed by atoms with van der Waals surface area (Å²) in [5.41, 5.74) is 0. The summed E-state index contributed by atoms with van der Waals surface area (Å²) in [5.74, 6) is 0.750. The number of aryl methyl sites for hydroxylation is 1. The Hall–Kier alpha value is -2.08. The van der Waals surface area contributed by atoms with Crippen LogP contribution in [0.1, 0.15) is 18.9 Å². The highest BCUT2D eigenvalue weighted by Gasteiger charge is 2.34. The van der Waals surface area contributed by atoms with Gasteiger partial charge in [0.05, 0.1) is 17.7 Å². The molecular weight excluding hydrogens is 378 g/mol. The molecule has 1 aliphatic rings. The Labute approximate surface area is 154 Å². The summed E-state index contributed by atoms with van der Waals surface area (Å²) in [4.78, 5) is 5.41. The molecule has 0 amide bonds. The van der Waals surface area contributed by atoms with Gasteiger partial charge in [-0.15, -0.1) is 11.3 Å². The average molecular weight is 395 g/mol. The first kappa shape index (κ1) is 17.3. The molecule has 3 aromatic rings. The van der Waals surface area contributed by atoms with E-state index in [1.807, 2.05) is 24.4 Å². The molecule has 1 fully saturated rings. The standard InChI is InChI=1S/C15H17N5O4S2/c1-2-19-9-11(8-16-19)26(21,22)20-5-6-23-12(10-20)15-17-14(18-24-15)13-4-3-7-25-13/h3-4,7-9,12H,2,5-6,10H2,1H3. The summed E-state index contributed by atoms with van der Waals surface area (Å²) in [5, 5.41) is 9.93. The van der Waals surface area contributed by atoms with Gasteiger partial charge in [0.2, 0.25) is 15.8 Å². The third-order valence-corrected chi connectivity index (χ3v) is 6.74. The second-order valence-corrected chi connectivity index (χ2v) is 8.57. The molecule has 11 heteroatoms. The number of nitrogens with zero attached hydrogens (tertiary/aromatic N) is 5. The van der Waals surface area contributed by atoms with Gasteiger partial charge in [0, 0.05) is 25.8 Å². The van der Waals surface area contributed by atoms with E-state index in [0.29, 0.717) is 12.4 Å². The highest BCUT2D eigenvalue weighted by molar-refractivity contribution is 7.89. The molecule has 1 saturated heterocycles. The van der Waals surface area contributed by atoms with Crippen LogP contribution >= 0.6 is 11.3 Å². The molecule has 3 aromatic heterocycles. The van der Waals surface area contributed by atoms with Gasteiger partial charge >= 0.3 is 0 Å². The third kappa shape index (κ3) is 3.18. The number of rotatable bonds is 5. The summed E-state index contributed by atoms with van der Waals surface area (Å²) in [6.45, 7) is 3.14. The summed E-state index contributed by atoms with van der Waals surface area (Å²) in [6.07, 6.45) is 2.30. The second kappa shape index (κ2) is 6.91. The van der Waals surface area contributed by atoms with Gasteiger partial charge in [-0.25, -0.2) is 8.42 Å². The number of thiophene rings is 1. The van der Waals surface area contributed by atoms with Crippen LogP contribution in [-0.2, 0) is 21.3 Å². The first-order valence-corrected chi connectivity index (χ1v) is 10.4. The third-order valence-electron chi connectivity index (χ3n) is 4.06. The molecule has 0 radical (unpaired) electrons. The van der Waals surface area contributed by atoms with Gasteiger partial charge in [-0.2, -0.15) is 14.4 Å². The smallest absolute Gasteiger partial charge is 0.257 e. The highest BCUT2D eigenvalue weighted by Crippen LogP contribution is 2.28. The zero-order valence-corrected chi connectivity index (χ0v) is 15.6. The maximum absolute atomic E-state index is 12.8. The molecule has 4 heterocycles. The SMILES string of the molecule is CCn1cc(S(=O)(=O)N2CCOC(c3nc(-c4cccs4)no3)C2)cn1. The van der Waals surface area contributed by atoms with Gasteiger partial charge in [0.25, 0.3) is 5.89 Å². The second-order valence-electron chi connectivity index (χ2n) is 5.69. The molecule has 0 aliphatic carbocycles. The fourth-order valence-electron chi connectivity index (χ4n) is 2.67. The van der Waals surface area contributed by atoms with Crippen LogP contribution in [0.15, 0.2) is 39.3 Å². The molecular formula is C15H17N5O4S2. The largest absolute Gasteiger partial charge is 0.366 e. The Morgan fingerprint density at radius 2 is 2.31 bits per heavy atom. The first-order chi connectivity index (χ1) is 12.6. The van der Waals surface area contributed by atoms with E-state index in [0.717, 1.165) is 4.88 Å². The van der Waals surface area contributed by atoms with E-state index in [9.17, 15) is 8.42 Å². The zero-order valence-electron chi connectivity index (χ0n) is 14.0. The van der Waals surface area contributed by atoms with Crippen molar-refractivity contribution >= 4 is 21.4 Å². The van der Waals surface area contributed by atoms with E-state index in [4.69, 9.17) is 9.26 Å². The fourth-order valence-corrected chi connectivity index (χ4v) is 4.69. The summed E-state index contributed by atoms with van der Waals surface area (Å²) < 4.78 is 39.6. The number of ether oxygens (including phenoxy) is 1. The summed E-state index contributed by atoms with van der Waals surface area (Å²) in [6, 6.07) is 3.79. The van der Waals surface area contributed by atoms with Crippen LogP contribution in [0, 0.1) is 0 Å². The van der Waals surface area contributed by atoms with Gasteiger partial charge in [-0.05, 0) is 18.4 Å². The molecule has 0 N–H and O–H groups in total. The summed E-state index contributed by atoms with van der Waals surface area (Å²) in [7, 11) is -3.65. The Kier molecular flexibility index (Phi) is 4.61. The molecule has 0 spiro atoms. The van der Waals surface area contributed by atoms with Crippen LogP contribution in [0.4, 0.5) is 0 Å². The normalized spacial score (nSPS) is 19.0. The maximum Gasteiger partial charge on any atom is 0.257 e. The topological polar surface area (TPSA) is 103 Å². The van der Waals surface area contributed by atoms with Crippen LogP contribution < -0.4 is 0 Å². The maximum atomic E-state index is 12.8. The van der Waals surface area contributed by atoms with Crippen molar-refractivity contribution in [3.05, 3.63) is 35.8 Å². The minimum absolute atomic E-state index is 0.117. The van der Waals surface area contributed by atoms with Crippen LogP contribution in [0.25, 0.3) is 10.7 Å². The molecule has 0 bridgehead atoms. The van der Waals surface area contributed by atoms with E-state index in [-0.39, 0.29) is 30.5 Å². The van der Waals surface area contributed by atoms with Crippen molar-refractivity contribution in [2.45, 2.75) is 24.5 Å². The van der Waals surface area contributed by atoms with Crippen molar-refractivity contribution in [1.82, 2.24) is 24.2 Å². The number of aromatic nitrogens is 4. The quantitative estimate of drug-likeness (QED) is 0.648. The predicted octanol–water partition coefficient (Wildman–Crippen LogP) is 1.78. The Morgan fingerprint density at radius 3 is 3.04 bits per heavy atom. The van der Waals surface area contributed by atoms with Gasteiger partial charge in [0.1, 0.15) is 4.90 Å². The minimum Gasteiger partial charge on any atom is -0.366 e. The van der Waals surface area contributed by atoms with Crippen LogP contribution in [0.2, 0.25) is 0 Å². The van der Waals surface area contributed by atoms with Crippen molar-refractivity contribution in [1.29, 1.82) is 0 Å². The Balaban J connectivity index is 1.54. The van der Waals surface area contributed by atoms with Gasteiger partial charge < -0.3 is 9.26 Å². The van der Waals surface area contributed by atoms with Crippen molar-refractivity contribution < 1.29 is 17.7 Å². The van der Waals surface area contributed by atoms with Gasteiger partial charge in [-0.1, -0.05) is 11.2 Å². The van der Waals surface area contributed by atoms with Crippen molar-refractivity contribution in [3.63, 3.8) is 0 Å². The Bertz CT molecular complexity index is 980. The summed E-state index contributed by atoms with van der Waals surface area (Å²) >= 11 is 1.50. The van der Waals surface area contributed by atoms with Gasteiger partial charge in [0.15, 0.2) is 6.10 Å². The van der Waals surface area contributed by atoms with E-state index in [1.54, 1.807) is 4.68 Å². The lowest BCUT2D eigenvalue weighted by Crippen LogP contribution is -2.42. The molecule has 0 saturated carbocycles. The molecule has 1 unspecified atom stereocenters. The van der Waals surface area contributed by atoms with E-state index in [2.05, 4.69) is 15.2 Å². The fraction of sp³-hybridized carbons (Fsp3) is 0.400. The van der Waals surface area contributed by atoms with Crippen molar-refractivity contribution in [3.8, 4) is 10.7 Å². The Morgan fingerprint density at radius 1 is 1.42 bits per heavy atom. The first-order valence-electron chi connectivity index (χ1n) is 8.09. The van der Waals surface area contributed by atoms with Crippen molar-refractivity contribution in [2.24, 2.45) is 0 Å².